The van der Waals surface area contributed by atoms with Crippen molar-refractivity contribution in [2.45, 2.75) is 12.7 Å². The van der Waals surface area contributed by atoms with E-state index < -0.39 is 17.6 Å². The van der Waals surface area contributed by atoms with Gasteiger partial charge < -0.3 is 20.3 Å². The van der Waals surface area contributed by atoms with E-state index >= 15 is 0 Å². The number of benzene rings is 1. The van der Waals surface area contributed by atoms with Gasteiger partial charge >= 0.3 is 6.18 Å². The lowest BCUT2D eigenvalue weighted by Crippen LogP contribution is -2.46. The van der Waals surface area contributed by atoms with Gasteiger partial charge in [0.2, 0.25) is 5.91 Å². The van der Waals surface area contributed by atoms with Gasteiger partial charge in [-0.05, 0) is 17.7 Å². The molecule has 1 saturated heterocycles. The number of likely N-dealkylation sites (N-methyl/N-ethyl adjacent to an activating group) is 1. The summed E-state index contributed by atoms with van der Waals surface area (Å²) in [7, 11) is 3.20. The zero-order valence-electron chi connectivity index (χ0n) is 17.1. The van der Waals surface area contributed by atoms with Crippen LogP contribution in [0.1, 0.15) is 11.1 Å². The number of halogens is 4. The van der Waals surface area contributed by atoms with Crippen LogP contribution >= 0.6 is 0 Å². The molecular weight excluding hydrogens is 406 g/mol. The van der Waals surface area contributed by atoms with E-state index in [2.05, 4.69) is 20.5 Å². The third kappa shape index (κ3) is 7.79. The number of ether oxygens (including phenoxy) is 1. The van der Waals surface area contributed by atoms with E-state index in [0.717, 1.165) is 25.2 Å². The van der Waals surface area contributed by atoms with Crippen LogP contribution < -0.4 is 10.6 Å². The van der Waals surface area contributed by atoms with Crippen molar-refractivity contribution in [3.8, 4) is 0 Å². The topological polar surface area (TPSA) is 69.2 Å². The first-order chi connectivity index (χ1) is 14.2. The average Bonchev–Trinajstić information content (AvgIpc) is 2.70. The molecule has 1 aliphatic heterocycles. The van der Waals surface area contributed by atoms with Gasteiger partial charge in [0.15, 0.2) is 5.96 Å². The Morgan fingerprint density at radius 2 is 1.93 bits per heavy atom. The highest BCUT2D eigenvalue weighted by Crippen LogP contribution is 2.32. The van der Waals surface area contributed by atoms with Crippen LogP contribution in [0.5, 0.6) is 0 Å². The number of alkyl halides is 3. The van der Waals surface area contributed by atoms with Crippen LogP contribution in [0.25, 0.3) is 0 Å². The number of nitrogens with zero attached hydrogens (tertiary/aromatic N) is 3. The first kappa shape index (κ1) is 23.9. The largest absolute Gasteiger partial charge is 0.416 e. The third-order valence-corrected chi connectivity index (χ3v) is 4.51. The van der Waals surface area contributed by atoms with E-state index in [0.29, 0.717) is 32.4 Å². The lowest BCUT2D eigenvalue weighted by atomic mass is 10.1. The fraction of sp³-hybridized carbons (Fsp3) is 0.579. The molecule has 0 radical (unpaired) electrons. The Kier molecular flexibility index (Phi) is 8.85. The third-order valence-electron chi connectivity index (χ3n) is 4.51. The molecule has 30 heavy (non-hydrogen) atoms. The van der Waals surface area contributed by atoms with Gasteiger partial charge in [0, 0.05) is 40.3 Å². The van der Waals surface area contributed by atoms with Crippen LogP contribution in [0.15, 0.2) is 23.2 Å². The summed E-state index contributed by atoms with van der Waals surface area (Å²) in [5.41, 5.74) is -1.22. The zero-order chi connectivity index (χ0) is 22.1. The summed E-state index contributed by atoms with van der Waals surface area (Å²) in [4.78, 5) is 19.6. The normalized spacial score (nSPS) is 15.7. The molecule has 2 rings (SSSR count). The standard InChI is InChI=1S/C19H27F4N5O2/c1-27(2)17(29)13-26-18(24-5-6-28-7-9-30-10-8-28)25-12-14-3-4-15(20)11-16(14)19(21,22)23/h3-4,11H,5-10,12-13H2,1-2H3,(H2,24,25,26). The van der Waals surface area contributed by atoms with Crippen molar-refractivity contribution >= 4 is 11.9 Å². The van der Waals surface area contributed by atoms with Crippen LogP contribution in [0.4, 0.5) is 17.6 Å². The van der Waals surface area contributed by atoms with Crippen LogP contribution in [0, 0.1) is 5.82 Å². The van der Waals surface area contributed by atoms with Crippen molar-refractivity contribution in [2.75, 3.05) is 60.0 Å². The number of aliphatic imine (C=N–C) groups is 1. The molecule has 0 aliphatic carbocycles. The van der Waals surface area contributed by atoms with E-state index in [1.807, 2.05) is 0 Å². The lowest BCUT2D eigenvalue weighted by molar-refractivity contribution is -0.138. The first-order valence-electron chi connectivity index (χ1n) is 9.55. The fourth-order valence-corrected chi connectivity index (χ4v) is 2.76. The van der Waals surface area contributed by atoms with E-state index in [1.54, 1.807) is 14.1 Å². The number of hydrogen-bond donors (Lipinski definition) is 2. The zero-order valence-corrected chi connectivity index (χ0v) is 17.1. The molecule has 1 aliphatic rings. The van der Waals surface area contributed by atoms with Gasteiger partial charge in [-0.25, -0.2) is 9.38 Å². The summed E-state index contributed by atoms with van der Waals surface area (Å²) < 4.78 is 58.2. The number of guanidine groups is 1. The number of rotatable bonds is 7. The molecule has 1 fully saturated rings. The van der Waals surface area contributed by atoms with Gasteiger partial charge in [-0.3, -0.25) is 9.69 Å². The fourth-order valence-electron chi connectivity index (χ4n) is 2.76. The number of carbonyl (C=O) groups is 1. The van der Waals surface area contributed by atoms with Gasteiger partial charge in [0.05, 0.1) is 31.9 Å². The molecule has 7 nitrogen and oxygen atoms in total. The van der Waals surface area contributed by atoms with Gasteiger partial charge in [0.1, 0.15) is 5.82 Å². The second-order valence-electron chi connectivity index (χ2n) is 6.99. The molecule has 1 amide bonds. The maximum Gasteiger partial charge on any atom is 0.416 e. The molecule has 0 atom stereocenters. The smallest absolute Gasteiger partial charge is 0.379 e. The van der Waals surface area contributed by atoms with Crippen LogP contribution in [0.2, 0.25) is 0 Å². The van der Waals surface area contributed by atoms with E-state index in [9.17, 15) is 22.4 Å². The van der Waals surface area contributed by atoms with Crippen molar-refractivity contribution < 1.29 is 27.1 Å². The highest BCUT2D eigenvalue weighted by atomic mass is 19.4. The molecule has 0 saturated carbocycles. The Morgan fingerprint density at radius 1 is 1.23 bits per heavy atom. The van der Waals surface area contributed by atoms with Crippen molar-refractivity contribution in [3.63, 3.8) is 0 Å². The molecule has 1 aromatic carbocycles. The van der Waals surface area contributed by atoms with Crippen molar-refractivity contribution in [1.29, 1.82) is 0 Å². The Labute approximate surface area is 173 Å². The molecule has 11 heteroatoms. The molecule has 1 aromatic rings. The summed E-state index contributed by atoms with van der Waals surface area (Å²) >= 11 is 0. The molecule has 0 aromatic heterocycles. The minimum atomic E-state index is -4.69. The Morgan fingerprint density at radius 3 is 2.57 bits per heavy atom. The first-order valence-corrected chi connectivity index (χ1v) is 9.55. The van der Waals surface area contributed by atoms with Crippen LogP contribution in [-0.4, -0.2) is 81.7 Å². The highest BCUT2D eigenvalue weighted by Gasteiger charge is 2.33. The maximum absolute atomic E-state index is 13.3. The lowest BCUT2D eigenvalue weighted by Gasteiger charge is -2.26. The number of nitrogens with one attached hydrogen (secondary N) is 2. The quantitative estimate of drug-likeness (QED) is 0.386. The van der Waals surface area contributed by atoms with Crippen LogP contribution in [-0.2, 0) is 22.3 Å². The van der Waals surface area contributed by atoms with Crippen LogP contribution in [0.3, 0.4) is 0 Å². The van der Waals surface area contributed by atoms with Gasteiger partial charge in [0.25, 0.3) is 0 Å². The van der Waals surface area contributed by atoms with Gasteiger partial charge in [-0.1, -0.05) is 6.07 Å². The minimum absolute atomic E-state index is 0.0636. The molecule has 0 spiro atoms. The van der Waals surface area contributed by atoms with Gasteiger partial charge in [-0.2, -0.15) is 13.2 Å². The summed E-state index contributed by atoms with van der Waals surface area (Å²) in [6.45, 7) is 3.69. The van der Waals surface area contributed by atoms with Crippen molar-refractivity contribution in [3.05, 3.63) is 35.1 Å². The highest BCUT2D eigenvalue weighted by molar-refractivity contribution is 5.86. The number of hydrogen-bond acceptors (Lipinski definition) is 4. The van der Waals surface area contributed by atoms with E-state index in [-0.39, 0.29) is 30.5 Å². The second kappa shape index (κ2) is 11.1. The molecule has 0 bridgehead atoms. The van der Waals surface area contributed by atoms with E-state index in [4.69, 9.17) is 4.74 Å². The maximum atomic E-state index is 13.3. The second-order valence-corrected chi connectivity index (χ2v) is 6.99. The predicted octanol–water partition coefficient (Wildman–Crippen LogP) is 1.30. The average molecular weight is 433 g/mol. The Bertz CT molecular complexity index is 734. The Hall–Kier alpha value is -2.40. The van der Waals surface area contributed by atoms with Gasteiger partial charge in [-0.15, -0.1) is 0 Å². The summed E-state index contributed by atoms with van der Waals surface area (Å²) in [5.74, 6) is -0.972. The molecule has 2 N–H and O–H groups in total. The molecular formula is C19H27F4N5O2. The monoisotopic (exact) mass is 433 g/mol. The Balaban J connectivity index is 2.06. The summed E-state index contributed by atoms with van der Waals surface area (Å²) in [5, 5.41) is 5.86. The summed E-state index contributed by atoms with van der Waals surface area (Å²) in [6, 6.07) is 2.49. The molecule has 0 unspecified atom stereocenters. The number of amides is 1. The SMILES string of the molecule is CN(C)C(=O)CNC(=NCc1ccc(F)cc1C(F)(F)F)NCCN1CCOCC1. The minimum Gasteiger partial charge on any atom is -0.379 e. The molecule has 1 heterocycles. The predicted molar refractivity (Wildman–Crippen MR) is 104 cm³/mol. The number of morpholine rings is 1. The summed E-state index contributed by atoms with van der Waals surface area (Å²) in [6.07, 6.45) is -4.69. The van der Waals surface area contributed by atoms with Crippen molar-refractivity contribution in [1.82, 2.24) is 20.4 Å². The molecule has 168 valence electrons. The van der Waals surface area contributed by atoms with Crippen molar-refractivity contribution in [2.24, 2.45) is 4.99 Å². The van der Waals surface area contributed by atoms with E-state index in [1.165, 1.54) is 4.90 Å². The number of carbonyl (C=O) groups excluding carboxylic acids is 1.